The maximum Gasteiger partial charge on any atom is 0.0337 e. The van der Waals surface area contributed by atoms with Gasteiger partial charge >= 0.3 is 0 Å². The van der Waals surface area contributed by atoms with Crippen molar-refractivity contribution in [1.82, 2.24) is 4.90 Å². The van der Waals surface area contributed by atoms with Crippen molar-refractivity contribution in [2.45, 2.75) is 11.8 Å². The summed E-state index contributed by atoms with van der Waals surface area (Å²) in [4.78, 5) is 2.22. The molecule has 2 heteroatoms. The first kappa shape index (κ1) is 14.8. The van der Waals surface area contributed by atoms with E-state index in [9.17, 15) is 0 Å². The first-order chi connectivity index (χ1) is 9.69. The summed E-state index contributed by atoms with van der Waals surface area (Å²) in [7, 11) is 4.22. The summed E-state index contributed by atoms with van der Waals surface area (Å²) in [5, 5.41) is 0. The molecule has 2 nitrogen and oxygen atoms in total. The monoisotopic (exact) mass is 268 g/mol. The fourth-order valence-corrected chi connectivity index (χ4v) is 2.72. The van der Waals surface area contributed by atoms with Crippen LogP contribution in [0.3, 0.4) is 0 Å². The molecule has 106 valence electrons. The fraction of sp³-hybridized carbons (Fsp3) is 0.333. The number of nitrogens with zero attached hydrogens (tertiary/aromatic N) is 1. The number of hydrogen-bond acceptors (Lipinski definition) is 2. The van der Waals surface area contributed by atoms with Crippen LogP contribution in [0.15, 0.2) is 60.7 Å². The predicted octanol–water partition coefficient (Wildman–Crippen LogP) is 2.88. The van der Waals surface area contributed by atoms with Gasteiger partial charge in [-0.15, -0.1) is 0 Å². The highest BCUT2D eigenvalue weighted by Gasteiger charge is 2.32. The molecule has 0 saturated carbocycles. The van der Waals surface area contributed by atoms with E-state index in [-0.39, 0.29) is 5.41 Å². The van der Waals surface area contributed by atoms with Crippen molar-refractivity contribution in [2.75, 3.05) is 27.2 Å². The Morgan fingerprint density at radius 3 is 1.65 bits per heavy atom. The molecule has 0 bridgehead atoms. The van der Waals surface area contributed by atoms with Gasteiger partial charge in [0.25, 0.3) is 0 Å². The molecule has 0 heterocycles. The second-order valence-electron chi connectivity index (χ2n) is 5.57. The Bertz CT molecular complexity index is 466. The zero-order valence-electron chi connectivity index (χ0n) is 12.4. The quantitative estimate of drug-likeness (QED) is 0.873. The summed E-state index contributed by atoms with van der Waals surface area (Å²) in [6.45, 7) is 1.63. The SMILES string of the molecule is CN(C)CCC(CN)(c1ccccc1)c1ccccc1. The van der Waals surface area contributed by atoms with E-state index in [1.165, 1.54) is 11.1 Å². The molecule has 2 rings (SSSR count). The molecule has 0 aromatic heterocycles. The van der Waals surface area contributed by atoms with E-state index < -0.39 is 0 Å². The molecule has 0 aliphatic rings. The molecule has 0 spiro atoms. The van der Waals surface area contributed by atoms with E-state index in [4.69, 9.17) is 5.73 Å². The van der Waals surface area contributed by atoms with Crippen LogP contribution in [0.1, 0.15) is 17.5 Å². The molecule has 0 fully saturated rings. The average Bonchev–Trinajstić information content (AvgIpc) is 2.50. The molecule has 0 saturated heterocycles. The molecule has 0 amide bonds. The highest BCUT2D eigenvalue weighted by molar-refractivity contribution is 5.39. The minimum absolute atomic E-state index is 0.104. The average molecular weight is 268 g/mol. The third kappa shape index (κ3) is 3.09. The molecule has 20 heavy (non-hydrogen) atoms. The van der Waals surface area contributed by atoms with Gasteiger partial charge in [-0.3, -0.25) is 0 Å². The van der Waals surface area contributed by atoms with Gasteiger partial charge in [0.1, 0.15) is 0 Å². The van der Waals surface area contributed by atoms with E-state index in [1.807, 2.05) is 0 Å². The van der Waals surface area contributed by atoms with Gasteiger partial charge in [0.05, 0.1) is 0 Å². The third-order valence-corrected chi connectivity index (χ3v) is 3.99. The molecule has 2 aromatic carbocycles. The molecule has 0 aliphatic carbocycles. The lowest BCUT2D eigenvalue weighted by Gasteiger charge is -2.35. The lowest BCUT2D eigenvalue weighted by molar-refractivity contribution is 0.346. The van der Waals surface area contributed by atoms with E-state index in [2.05, 4.69) is 79.7 Å². The molecule has 0 unspecified atom stereocenters. The Hall–Kier alpha value is -1.64. The van der Waals surface area contributed by atoms with Crippen LogP contribution in [0, 0.1) is 0 Å². The largest absolute Gasteiger partial charge is 0.329 e. The summed E-state index contributed by atoms with van der Waals surface area (Å²) >= 11 is 0. The summed E-state index contributed by atoms with van der Waals surface area (Å²) in [5.74, 6) is 0. The Kier molecular flexibility index (Phi) is 4.94. The highest BCUT2D eigenvalue weighted by atomic mass is 15.0. The third-order valence-electron chi connectivity index (χ3n) is 3.99. The van der Waals surface area contributed by atoms with Crippen molar-refractivity contribution in [1.29, 1.82) is 0 Å². The Morgan fingerprint density at radius 2 is 1.30 bits per heavy atom. The van der Waals surface area contributed by atoms with Crippen molar-refractivity contribution < 1.29 is 0 Å². The topological polar surface area (TPSA) is 29.3 Å². The van der Waals surface area contributed by atoms with Gasteiger partial charge < -0.3 is 10.6 Å². The molecule has 0 radical (unpaired) electrons. The van der Waals surface area contributed by atoms with Crippen LogP contribution in [-0.2, 0) is 5.41 Å². The van der Waals surface area contributed by atoms with E-state index >= 15 is 0 Å². The second kappa shape index (κ2) is 6.69. The molecule has 0 aliphatic heterocycles. The van der Waals surface area contributed by atoms with Crippen LogP contribution in [0.25, 0.3) is 0 Å². The van der Waals surface area contributed by atoms with Gasteiger partial charge in [0, 0.05) is 12.0 Å². The van der Waals surface area contributed by atoms with E-state index in [0.29, 0.717) is 6.54 Å². The Morgan fingerprint density at radius 1 is 0.850 bits per heavy atom. The van der Waals surface area contributed by atoms with Crippen molar-refractivity contribution in [3.8, 4) is 0 Å². The van der Waals surface area contributed by atoms with Gasteiger partial charge in [-0.05, 0) is 38.2 Å². The number of rotatable bonds is 6. The van der Waals surface area contributed by atoms with Crippen LogP contribution < -0.4 is 5.73 Å². The minimum Gasteiger partial charge on any atom is -0.329 e. The van der Waals surface area contributed by atoms with E-state index in [1.54, 1.807) is 0 Å². The maximum atomic E-state index is 6.24. The van der Waals surface area contributed by atoms with Crippen LogP contribution in [0.4, 0.5) is 0 Å². The summed E-state index contributed by atoms with van der Waals surface area (Å²) < 4.78 is 0. The van der Waals surface area contributed by atoms with Crippen LogP contribution >= 0.6 is 0 Å². The predicted molar refractivity (Wildman–Crippen MR) is 85.9 cm³/mol. The first-order valence-corrected chi connectivity index (χ1v) is 7.15. The molecule has 2 aromatic rings. The Labute approximate surface area is 122 Å². The van der Waals surface area contributed by atoms with Crippen LogP contribution in [0.2, 0.25) is 0 Å². The van der Waals surface area contributed by atoms with Crippen molar-refractivity contribution in [3.63, 3.8) is 0 Å². The summed E-state index contributed by atoms with van der Waals surface area (Å²) in [5.41, 5.74) is 8.74. The second-order valence-corrected chi connectivity index (χ2v) is 5.57. The molecular formula is C18H24N2. The molecule has 2 N–H and O–H groups in total. The zero-order valence-corrected chi connectivity index (χ0v) is 12.4. The van der Waals surface area contributed by atoms with Gasteiger partial charge in [-0.2, -0.15) is 0 Å². The standard InChI is InChI=1S/C18H24N2/c1-20(2)14-13-18(15-19,16-9-5-3-6-10-16)17-11-7-4-8-12-17/h3-12H,13-15,19H2,1-2H3. The highest BCUT2D eigenvalue weighted by Crippen LogP contribution is 2.34. The fourth-order valence-electron chi connectivity index (χ4n) is 2.72. The summed E-state index contributed by atoms with van der Waals surface area (Å²) in [6, 6.07) is 21.3. The van der Waals surface area contributed by atoms with Crippen LogP contribution in [-0.4, -0.2) is 32.1 Å². The van der Waals surface area contributed by atoms with Crippen molar-refractivity contribution >= 4 is 0 Å². The minimum atomic E-state index is -0.104. The molecular weight excluding hydrogens is 244 g/mol. The van der Waals surface area contributed by atoms with Gasteiger partial charge in [0.2, 0.25) is 0 Å². The smallest absolute Gasteiger partial charge is 0.0337 e. The number of benzene rings is 2. The Balaban J connectivity index is 2.46. The van der Waals surface area contributed by atoms with Gasteiger partial charge in [-0.25, -0.2) is 0 Å². The first-order valence-electron chi connectivity index (χ1n) is 7.15. The lowest BCUT2D eigenvalue weighted by Crippen LogP contribution is -2.39. The zero-order chi connectivity index (χ0) is 14.4. The number of hydrogen-bond donors (Lipinski definition) is 1. The maximum absolute atomic E-state index is 6.24. The number of nitrogens with two attached hydrogens (primary N) is 1. The van der Waals surface area contributed by atoms with Gasteiger partial charge in [-0.1, -0.05) is 60.7 Å². The van der Waals surface area contributed by atoms with Crippen molar-refractivity contribution in [3.05, 3.63) is 71.8 Å². The van der Waals surface area contributed by atoms with Gasteiger partial charge in [0.15, 0.2) is 0 Å². The summed E-state index contributed by atoms with van der Waals surface area (Å²) in [6.07, 6.45) is 1.02. The van der Waals surface area contributed by atoms with Crippen molar-refractivity contribution in [2.24, 2.45) is 5.73 Å². The molecule has 0 atom stereocenters. The van der Waals surface area contributed by atoms with E-state index in [0.717, 1.165) is 13.0 Å². The van der Waals surface area contributed by atoms with Crippen LogP contribution in [0.5, 0.6) is 0 Å². The lowest BCUT2D eigenvalue weighted by atomic mass is 9.72. The normalized spacial score (nSPS) is 11.8.